The van der Waals surface area contributed by atoms with E-state index in [0.29, 0.717) is 18.9 Å². The minimum atomic E-state index is -3.95. The van der Waals surface area contributed by atoms with E-state index in [1.807, 2.05) is 0 Å². The zero-order valence-electron chi connectivity index (χ0n) is 9.51. The first-order valence-electron chi connectivity index (χ1n) is 5.54. The number of sulfonamides is 1. The predicted octanol–water partition coefficient (Wildman–Crippen LogP) is 1.11. The molecule has 100 valence electrons. The van der Waals surface area contributed by atoms with Crippen molar-refractivity contribution >= 4 is 10.0 Å². The van der Waals surface area contributed by atoms with Gasteiger partial charge in [0, 0.05) is 18.7 Å². The SMILES string of the molecule is O=S(=O)(c1cc(F)cc(F)c1)N(CCO)C1CC1. The van der Waals surface area contributed by atoms with E-state index in [2.05, 4.69) is 0 Å². The van der Waals surface area contributed by atoms with Crippen molar-refractivity contribution in [2.24, 2.45) is 0 Å². The molecule has 0 atom stereocenters. The third kappa shape index (κ3) is 2.68. The normalized spacial score (nSPS) is 16.2. The Morgan fingerprint density at radius 2 is 1.78 bits per heavy atom. The maximum atomic E-state index is 13.1. The number of aliphatic hydroxyl groups excluding tert-OH is 1. The number of halogens is 2. The van der Waals surface area contributed by atoms with E-state index in [9.17, 15) is 17.2 Å². The van der Waals surface area contributed by atoms with E-state index >= 15 is 0 Å². The second kappa shape index (κ2) is 4.91. The lowest BCUT2D eigenvalue weighted by molar-refractivity contribution is 0.250. The van der Waals surface area contributed by atoms with Gasteiger partial charge in [-0.3, -0.25) is 0 Å². The average molecular weight is 277 g/mol. The van der Waals surface area contributed by atoms with E-state index in [-0.39, 0.29) is 19.2 Å². The van der Waals surface area contributed by atoms with Crippen LogP contribution in [-0.2, 0) is 10.0 Å². The van der Waals surface area contributed by atoms with Gasteiger partial charge < -0.3 is 5.11 Å². The number of aliphatic hydroxyl groups is 1. The summed E-state index contributed by atoms with van der Waals surface area (Å²) in [7, 11) is -3.95. The average Bonchev–Trinajstić information content (AvgIpc) is 3.08. The van der Waals surface area contributed by atoms with Gasteiger partial charge >= 0.3 is 0 Å². The molecular weight excluding hydrogens is 264 g/mol. The molecule has 0 amide bonds. The Kier molecular flexibility index (Phi) is 3.65. The quantitative estimate of drug-likeness (QED) is 0.877. The standard InChI is InChI=1S/C11H13F2NO3S/c12-8-5-9(13)7-11(6-8)18(16,17)14(3-4-15)10-1-2-10/h5-7,10,15H,1-4H2. The molecule has 0 heterocycles. The van der Waals surface area contributed by atoms with Gasteiger partial charge in [0.25, 0.3) is 0 Å². The van der Waals surface area contributed by atoms with Crippen molar-refractivity contribution in [3.8, 4) is 0 Å². The Morgan fingerprint density at radius 3 is 2.22 bits per heavy atom. The van der Waals surface area contributed by atoms with Gasteiger partial charge in [0.2, 0.25) is 10.0 Å². The minimum absolute atomic E-state index is 0.0644. The van der Waals surface area contributed by atoms with E-state index in [1.54, 1.807) is 0 Å². The molecule has 1 fully saturated rings. The summed E-state index contributed by atoms with van der Waals surface area (Å²) in [5.74, 6) is -1.87. The minimum Gasteiger partial charge on any atom is -0.395 e. The van der Waals surface area contributed by atoms with Crippen LogP contribution in [0.3, 0.4) is 0 Å². The molecule has 1 aromatic rings. The van der Waals surface area contributed by atoms with Gasteiger partial charge in [-0.25, -0.2) is 17.2 Å². The third-order valence-corrected chi connectivity index (χ3v) is 4.65. The molecule has 18 heavy (non-hydrogen) atoms. The largest absolute Gasteiger partial charge is 0.395 e. The maximum Gasteiger partial charge on any atom is 0.243 e. The summed E-state index contributed by atoms with van der Waals surface area (Å²) in [6.07, 6.45) is 1.41. The summed E-state index contributed by atoms with van der Waals surface area (Å²) in [6, 6.07) is 2.01. The Hall–Kier alpha value is -1.05. The monoisotopic (exact) mass is 277 g/mol. The van der Waals surface area contributed by atoms with Crippen LogP contribution >= 0.6 is 0 Å². The topological polar surface area (TPSA) is 57.6 Å². The number of nitrogens with zero attached hydrogens (tertiary/aromatic N) is 1. The maximum absolute atomic E-state index is 13.1. The summed E-state index contributed by atoms with van der Waals surface area (Å²) in [5, 5.41) is 8.88. The number of rotatable bonds is 5. The van der Waals surface area contributed by atoms with E-state index < -0.39 is 26.6 Å². The van der Waals surface area contributed by atoms with Crippen LogP contribution in [0, 0.1) is 11.6 Å². The molecule has 0 spiro atoms. The van der Waals surface area contributed by atoms with Crippen molar-refractivity contribution in [1.29, 1.82) is 0 Å². The smallest absolute Gasteiger partial charge is 0.243 e. The van der Waals surface area contributed by atoms with Crippen LogP contribution in [0.1, 0.15) is 12.8 Å². The van der Waals surface area contributed by atoms with E-state index in [0.717, 1.165) is 16.4 Å². The molecule has 1 aromatic carbocycles. The number of hydrogen-bond acceptors (Lipinski definition) is 3. The molecule has 1 N–H and O–H groups in total. The fraction of sp³-hybridized carbons (Fsp3) is 0.455. The van der Waals surface area contributed by atoms with Crippen LogP contribution in [0.2, 0.25) is 0 Å². The van der Waals surface area contributed by atoms with Crippen LogP contribution in [0.4, 0.5) is 8.78 Å². The van der Waals surface area contributed by atoms with Gasteiger partial charge in [0.05, 0.1) is 11.5 Å². The summed E-state index contributed by atoms with van der Waals surface area (Å²) in [4.78, 5) is -0.416. The van der Waals surface area contributed by atoms with Gasteiger partial charge in [0.1, 0.15) is 11.6 Å². The Bertz CT molecular complexity index is 523. The van der Waals surface area contributed by atoms with Crippen molar-refractivity contribution in [2.45, 2.75) is 23.8 Å². The third-order valence-electron chi connectivity index (χ3n) is 2.72. The summed E-state index contributed by atoms with van der Waals surface area (Å²) < 4.78 is 51.6. The fourth-order valence-electron chi connectivity index (χ4n) is 1.77. The van der Waals surface area contributed by atoms with Gasteiger partial charge in [-0.05, 0) is 25.0 Å². The van der Waals surface area contributed by atoms with Gasteiger partial charge in [-0.1, -0.05) is 0 Å². The molecule has 0 bridgehead atoms. The second-order valence-corrected chi connectivity index (χ2v) is 6.07. The molecule has 0 radical (unpaired) electrons. The molecule has 0 unspecified atom stereocenters. The van der Waals surface area contributed by atoms with Gasteiger partial charge in [-0.2, -0.15) is 4.31 Å². The molecule has 0 saturated heterocycles. The zero-order valence-corrected chi connectivity index (χ0v) is 10.3. The first kappa shape index (κ1) is 13.4. The first-order valence-corrected chi connectivity index (χ1v) is 6.98. The van der Waals surface area contributed by atoms with Crippen molar-refractivity contribution < 1.29 is 22.3 Å². The van der Waals surface area contributed by atoms with E-state index in [1.165, 1.54) is 0 Å². The van der Waals surface area contributed by atoms with Crippen molar-refractivity contribution in [2.75, 3.05) is 13.2 Å². The lowest BCUT2D eigenvalue weighted by Gasteiger charge is -2.20. The molecule has 0 aliphatic heterocycles. The van der Waals surface area contributed by atoms with Crippen LogP contribution in [0.15, 0.2) is 23.1 Å². The van der Waals surface area contributed by atoms with Gasteiger partial charge in [0.15, 0.2) is 0 Å². The highest BCUT2D eigenvalue weighted by atomic mass is 32.2. The highest BCUT2D eigenvalue weighted by Gasteiger charge is 2.37. The molecule has 2 rings (SSSR count). The second-order valence-electron chi connectivity index (χ2n) is 4.18. The van der Waals surface area contributed by atoms with E-state index in [4.69, 9.17) is 5.11 Å². The van der Waals surface area contributed by atoms with Crippen molar-refractivity contribution in [1.82, 2.24) is 4.31 Å². The zero-order chi connectivity index (χ0) is 13.3. The molecule has 4 nitrogen and oxygen atoms in total. The molecule has 1 saturated carbocycles. The Morgan fingerprint density at radius 1 is 1.22 bits per heavy atom. The van der Waals surface area contributed by atoms with Crippen molar-refractivity contribution in [3.05, 3.63) is 29.8 Å². The molecule has 0 aromatic heterocycles. The number of hydrogen-bond donors (Lipinski definition) is 1. The summed E-state index contributed by atoms with van der Waals surface area (Å²) >= 11 is 0. The molecular formula is C11H13F2NO3S. The Balaban J connectivity index is 2.39. The lowest BCUT2D eigenvalue weighted by atomic mass is 10.3. The first-order chi connectivity index (χ1) is 8.45. The summed E-state index contributed by atoms with van der Waals surface area (Å²) in [6.45, 7) is -0.390. The highest BCUT2D eigenvalue weighted by Crippen LogP contribution is 2.32. The van der Waals surface area contributed by atoms with Crippen LogP contribution in [0.5, 0.6) is 0 Å². The molecule has 1 aliphatic rings. The van der Waals surface area contributed by atoms with Gasteiger partial charge in [-0.15, -0.1) is 0 Å². The van der Waals surface area contributed by atoms with Crippen molar-refractivity contribution in [3.63, 3.8) is 0 Å². The number of benzene rings is 1. The predicted molar refractivity (Wildman–Crippen MR) is 60.4 cm³/mol. The van der Waals surface area contributed by atoms with Crippen LogP contribution < -0.4 is 0 Å². The van der Waals surface area contributed by atoms with Crippen LogP contribution in [-0.4, -0.2) is 37.0 Å². The fourth-order valence-corrected chi connectivity index (χ4v) is 3.49. The lowest BCUT2D eigenvalue weighted by Crippen LogP contribution is -2.35. The Labute approximate surface area is 104 Å². The van der Waals surface area contributed by atoms with Crippen LogP contribution in [0.25, 0.3) is 0 Å². The molecule has 7 heteroatoms. The summed E-state index contributed by atoms with van der Waals surface area (Å²) in [5.41, 5.74) is 0. The molecule has 1 aliphatic carbocycles. The highest BCUT2D eigenvalue weighted by molar-refractivity contribution is 7.89.